The minimum Gasteiger partial charge on any atom is -0.380 e. The van der Waals surface area contributed by atoms with Gasteiger partial charge in [-0.3, -0.25) is 4.79 Å². The predicted molar refractivity (Wildman–Crippen MR) is 94.6 cm³/mol. The van der Waals surface area contributed by atoms with Crippen LogP contribution in [-0.4, -0.2) is 31.7 Å². The number of carbonyl (C=O) groups excluding carboxylic acids is 1. The molecule has 5 nitrogen and oxygen atoms in total. The molecule has 0 aliphatic carbocycles. The van der Waals surface area contributed by atoms with E-state index in [2.05, 4.69) is 10.6 Å². The number of ether oxygens (including phenoxy) is 1. The minimum absolute atomic E-state index is 0.142. The molecule has 1 aliphatic heterocycles. The van der Waals surface area contributed by atoms with Gasteiger partial charge in [0.05, 0.1) is 17.2 Å². The highest BCUT2D eigenvalue weighted by atomic mass is 19.1. The van der Waals surface area contributed by atoms with E-state index in [1.807, 2.05) is 13.8 Å². The summed E-state index contributed by atoms with van der Waals surface area (Å²) in [4.78, 5) is 12.5. The normalized spacial score (nSPS) is 17.8. The van der Waals surface area contributed by atoms with Crippen LogP contribution in [0.5, 0.6) is 0 Å². The third kappa shape index (κ3) is 4.24. The van der Waals surface area contributed by atoms with Gasteiger partial charge in [0.1, 0.15) is 5.82 Å². The van der Waals surface area contributed by atoms with E-state index in [9.17, 15) is 9.18 Å². The van der Waals surface area contributed by atoms with Crippen molar-refractivity contribution in [3.8, 4) is 0 Å². The number of hydrogen-bond acceptors (Lipinski definition) is 4. The Bertz CT molecular complexity index is 547. The molecule has 1 aliphatic rings. The lowest BCUT2D eigenvalue weighted by molar-refractivity contribution is -0.125. The molecule has 0 saturated carbocycles. The summed E-state index contributed by atoms with van der Waals surface area (Å²) in [5, 5.41) is 5.86. The second-order valence-electron chi connectivity index (χ2n) is 6.36. The summed E-state index contributed by atoms with van der Waals surface area (Å²) in [6, 6.07) is 4.68. The van der Waals surface area contributed by atoms with Gasteiger partial charge >= 0.3 is 0 Å². The molecule has 134 valence electrons. The van der Waals surface area contributed by atoms with Crippen LogP contribution < -0.4 is 16.4 Å². The van der Waals surface area contributed by atoms with E-state index in [1.54, 1.807) is 12.1 Å². The number of nitrogens with one attached hydrogen (secondary N) is 2. The maximum absolute atomic E-state index is 14.2. The number of rotatable bonds is 8. The van der Waals surface area contributed by atoms with E-state index >= 15 is 0 Å². The molecule has 4 N–H and O–H groups in total. The number of benzene rings is 1. The van der Waals surface area contributed by atoms with Crippen molar-refractivity contribution in [2.75, 3.05) is 30.3 Å². The zero-order chi connectivity index (χ0) is 17.6. The molecule has 6 heteroatoms. The summed E-state index contributed by atoms with van der Waals surface area (Å²) in [5.74, 6) is -0.549. The minimum atomic E-state index is -0.604. The van der Waals surface area contributed by atoms with Crippen molar-refractivity contribution >= 4 is 17.3 Å². The van der Waals surface area contributed by atoms with Crippen molar-refractivity contribution < 1.29 is 13.9 Å². The van der Waals surface area contributed by atoms with E-state index < -0.39 is 11.2 Å². The first-order chi connectivity index (χ1) is 11.5. The van der Waals surface area contributed by atoms with Crippen LogP contribution in [0.3, 0.4) is 0 Å². The average Bonchev–Trinajstić information content (AvgIpc) is 3.10. The van der Waals surface area contributed by atoms with Crippen LogP contribution in [0.15, 0.2) is 18.2 Å². The molecular formula is C18H28FN3O2. The Balaban J connectivity index is 1.99. The molecule has 0 aromatic heterocycles. The molecule has 1 fully saturated rings. The summed E-state index contributed by atoms with van der Waals surface area (Å²) >= 11 is 0. The molecule has 2 rings (SSSR count). The average molecular weight is 337 g/mol. The van der Waals surface area contributed by atoms with Crippen LogP contribution in [-0.2, 0) is 9.53 Å². The van der Waals surface area contributed by atoms with Gasteiger partial charge in [-0.2, -0.15) is 0 Å². The van der Waals surface area contributed by atoms with Gasteiger partial charge in [0.2, 0.25) is 5.91 Å². The first-order valence-corrected chi connectivity index (χ1v) is 8.71. The third-order valence-corrected chi connectivity index (χ3v) is 5.00. The first-order valence-electron chi connectivity index (χ1n) is 8.71. The fourth-order valence-electron chi connectivity index (χ4n) is 2.98. The number of carbonyl (C=O) groups is 1. The predicted octanol–water partition coefficient (Wildman–Crippen LogP) is 3.12. The Kier molecular flexibility index (Phi) is 6.57. The van der Waals surface area contributed by atoms with Crippen LogP contribution in [0.25, 0.3) is 0 Å². The van der Waals surface area contributed by atoms with Crippen LogP contribution in [0.1, 0.15) is 39.5 Å². The number of nitrogens with two attached hydrogens (primary N) is 1. The molecule has 1 unspecified atom stereocenters. The molecule has 0 radical (unpaired) electrons. The van der Waals surface area contributed by atoms with Gasteiger partial charge in [-0.25, -0.2) is 4.39 Å². The fourth-order valence-corrected chi connectivity index (χ4v) is 2.98. The summed E-state index contributed by atoms with van der Waals surface area (Å²) < 4.78 is 19.7. The Morgan fingerprint density at radius 2 is 2.17 bits per heavy atom. The highest BCUT2D eigenvalue weighted by Gasteiger charge is 2.33. The fraction of sp³-hybridized carbons (Fsp3) is 0.611. The molecule has 1 amide bonds. The van der Waals surface area contributed by atoms with E-state index in [1.165, 1.54) is 6.07 Å². The smallest absolute Gasteiger partial charge is 0.231 e. The first kappa shape index (κ1) is 18.7. The van der Waals surface area contributed by atoms with Gasteiger partial charge in [0.15, 0.2) is 0 Å². The molecule has 1 atom stereocenters. The van der Waals surface area contributed by atoms with E-state index in [0.717, 1.165) is 19.4 Å². The van der Waals surface area contributed by atoms with Gasteiger partial charge in [0.25, 0.3) is 0 Å². The van der Waals surface area contributed by atoms with Crippen LogP contribution in [0.4, 0.5) is 15.8 Å². The summed E-state index contributed by atoms with van der Waals surface area (Å²) in [6.45, 7) is 5.51. The maximum Gasteiger partial charge on any atom is 0.231 e. The molecule has 0 spiro atoms. The molecule has 1 heterocycles. The van der Waals surface area contributed by atoms with Crippen LogP contribution in [0.2, 0.25) is 0 Å². The van der Waals surface area contributed by atoms with Crippen molar-refractivity contribution in [2.24, 2.45) is 11.1 Å². The lowest BCUT2D eigenvalue weighted by Gasteiger charge is -2.28. The standard InChI is InChI=1S/C18H28FN3O2/c1-3-18(4-2,12-20)17(23)22-13-7-8-16(15(19)10-13)21-11-14-6-5-9-24-14/h7-8,10,14,21H,3-6,9,11-12,20H2,1-2H3,(H,22,23). The van der Waals surface area contributed by atoms with Crippen molar-refractivity contribution in [1.29, 1.82) is 0 Å². The Labute approximate surface area is 143 Å². The quantitative estimate of drug-likeness (QED) is 0.681. The molecule has 0 bridgehead atoms. The van der Waals surface area contributed by atoms with Crippen molar-refractivity contribution in [1.82, 2.24) is 0 Å². The lowest BCUT2D eigenvalue weighted by atomic mass is 9.81. The van der Waals surface area contributed by atoms with Gasteiger partial charge in [-0.05, 0) is 43.9 Å². The summed E-state index contributed by atoms with van der Waals surface area (Å²) in [5.41, 5.74) is 6.04. The van der Waals surface area contributed by atoms with Crippen molar-refractivity contribution in [2.45, 2.75) is 45.6 Å². The number of anilines is 2. The van der Waals surface area contributed by atoms with Crippen LogP contribution >= 0.6 is 0 Å². The third-order valence-electron chi connectivity index (χ3n) is 5.00. The van der Waals surface area contributed by atoms with Crippen LogP contribution in [0, 0.1) is 11.2 Å². The Morgan fingerprint density at radius 3 is 2.71 bits per heavy atom. The number of amides is 1. The van der Waals surface area contributed by atoms with E-state index in [-0.39, 0.29) is 18.6 Å². The van der Waals surface area contributed by atoms with Gasteiger partial charge in [-0.15, -0.1) is 0 Å². The monoisotopic (exact) mass is 337 g/mol. The Morgan fingerprint density at radius 1 is 1.42 bits per heavy atom. The highest BCUT2D eigenvalue weighted by Crippen LogP contribution is 2.28. The maximum atomic E-state index is 14.2. The molecule has 24 heavy (non-hydrogen) atoms. The van der Waals surface area contributed by atoms with Gasteiger partial charge in [-0.1, -0.05) is 13.8 Å². The van der Waals surface area contributed by atoms with E-state index in [4.69, 9.17) is 10.5 Å². The molecular weight excluding hydrogens is 309 g/mol. The molecule has 1 aromatic carbocycles. The number of hydrogen-bond donors (Lipinski definition) is 3. The van der Waals surface area contributed by atoms with Gasteiger partial charge < -0.3 is 21.1 Å². The zero-order valence-electron chi connectivity index (χ0n) is 14.5. The van der Waals surface area contributed by atoms with Crippen molar-refractivity contribution in [3.05, 3.63) is 24.0 Å². The summed E-state index contributed by atoms with van der Waals surface area (Å²) in [6.07, 6.45) is 3.49. The summed E-state index contributed by atoms with van der Waals surface area (Å²) in [7, 11) is 0. The second kappa shape index (κ2) is 8.44. The highest BCUT2D eigenvalue weighted by molar-refractivity contribution is 5.95. The second-order valence-corrected chi connectivity index (χ2v) is 6.36. The molecule has 1 aromatic rings. The topological polar surface area (TPSA) is 76.4 Å². The van der Waals surface area contributed by atoms with Crippen molar-refractivity contribution in [3.63, 3.8) is 0 Å². The zero-order valence-corrected chi connectivity index (χ0v) is 14.5. The largest absolute Gasteiger partial charge is 0.380 e. The lowest BCUT2D eigenvalue weighted by Crippen LogP contribution is -2.41. The molecule has 1 saturated heterocycles. The van der Waals surface area contributed by atoms with Gasteiger partial charge in [0, 0.05) is 25.4 Å². The Hall–Kier alpha value is -1.66. The SMILES string of the molecule is CCC(CC)(CN)C(=O)Nc1ccc(NCC2CCCO2)c(F)c1. The number of halogens is 1. The van der Waals surface area contributed by atoms with E-state index in [0.29, 0.717) is 30.8 Å².